The van der Waals surface area contributed by atoms with Crippen molar-refractivity contribution in [1.29, 1.82) is 0 Å². The number of rotatable bonds is 5. The van der Waals surface area contributed by atoms with E-state index >= 15 is 0 Å². The molecule has 18 heavy (non-hydrogen) atoms. The Bertz CT molecular complexity index is 561. The van der Waals surface area contributed by atoms with Crippen LogP contribution < -0.4 is 0 Å². The van der Waals surface area contributed by atoms with Gasteiger partial charge in [0.05, 0.1) is 17.1 Å². The molecule has 2 aromatic heterocycles. The molecule has 0 bridgehead atoms. The molecule has 4 nitrogen and oxygen atoms in total. The van der Waals surface area contributed by atoms with E-state index in [4.69, 9.17) is 0 Å². The molecule has 0 aromatic carbocycles. The van der Waals surface area contributed by atoms with Gasteiger partial charge in [-0.05, 0) is 29.3 Å². The highest BCUT2D eigenvalue weighted by atomic mass is 79.9. The molecule has 0 saturated heterocycles. The zero-order valence-corrected chi connectivity index (χ0v) is 12.7. The van der Waals surface area contributed by atoms with Crippen molar-refractivity contribution in [3.63, 3.8) is 0 Å². The molecule has 0 atom stereocenters. The second-order valence-electron chi connectivity index (χ2n) is 4.05. The summed E-state index contributed by atoms with van der Waals surface area (Å²) in [6.07, 6.45) is 2.97. The number of hydrogen-bond donors (Lipinski definition) is 0. The van der Waals surface area contributed by atoms with Crippen LogP contribution >= 0.6 is 27.3 Å². The summed E-state index contributed by atoms with van der Waals surface area (Å²) in [6, 6.07) is 0. The fourth-order valence-electron chi connectivity index (χ4n) is 1.73. The lowest BCUT2D eigenvalue weighted by Gasteiger charge is -2.04. The standard InChI is InChI=1S/C12H14BrN3OS/c1-3-4-16-12(9(13)6-14-16)10(17)5-11-15-8(2)7-18-11/h6-7H,3-5H2,1-2H3. The maximum absolute atomic E-state index is 12.3. The van der Waals surface area contributed by atoms with Crippen LogP contribution in [0.2, 0.25) is 0 Å². The largest absolute Gasteiger partial charge is 0.292 e. The van der Waals surface area contributed by atoms with Gasteiger partial charge >= 0.3 is 0 Å². The Kier molecular flexibility index (Phi) is 4.29. The molecule has 0 amide bonds. The van der Waals surface area contributed by atoms with Crippen LogP contribution in [0.1, 0.15) is 34.5 Å². The van der Waals surface area contributed by atoms with Crippen LogP contribution in [0.4, 0.5) is 0 Å². The SMILES string of the molecule is CCCn1ncc(Br)c1C(=O)Cc1nc(C)cs1. The summed E-state index contributed by atoms with van der Waals surface area (Å²) in [7, 11) is 0. The van der Waals surface area contributed by atoms with Crippen LogP contribution in [0.15, 0.2) is 16.0 Å². The van der Waals surface area contributed by atoms with Gasteiger partial charge in [-0.1, -0.05) is 6.92 Å². The minimum Gasteiger partial charge on any atom is -0.292 e. The quantitative estimate of drug-likeness (QED) is 0.792. The third-order valence-corrected chi connectivity index (χ3v) is 4.02. The maximum atomic E-state index is 12.3. The smallest absolute Gasteiger partial charge is 0.188 e. The van der Waals surface area contributed by atoms with Crippen molar-refractivity contribution in [2.24, 2.45) is 0 Å². The Morgan fingerprint density at radius 2 is 2.33 bits per heavy atom. The average molecular weight is 328 g/mol. The number of hydrogen-bond acceptors (Lipinski definition) is 4. The molecule has 0 N–H and O–H groups in total. The first-order chi connectivity index (χ1) is 8.61. The van der Waals surface area contributed by atoms with Gasteiger partial charge in [-0.3, -0.25) is 9.48 Å². The molecule has 0 unspecified atom stereocenters. The molecule has 0 spiro atoms. The molecule has 2 aromatic rings. The predicted molar refractivity (Wildman–Crippen MR) is 75.1 cm³/mol. The molecule has 0 aliphatic carbocycles. The van der Waals surface area contributed by atoms with Crippen molar-refractivity contribution in [2.75, 3.05) is 0 Å². The number of nitrogens with zero attached hydrogens (tertiary/aromatic N) is 3. The molecule has 0 saturated carbocycles. The minimum absolute atomic E-state index is 0.0576. The van der Waals surface area contributed by atoms with Crippen molar-refractivity contribution in [3.05, 3.63) is 32.4 Å². The van der Waals surface area contributed by atoms with E-state index in [0.29, 0.717) is 12.1 Å². The Labute approximate surface area is 118 Å². The van der Waals surface area contributed by atoms with Crippen molar-refractivity contribution >= 4 is 33.0 Å². The predicted octanol–water partition coefficient (Wildman–Crippen LogP) is 3.25. The second kappa shape index (κ2) is 5.75. The summed E-state index contributed by atoms with van der Waals surface area (Å²) >= 11 is 4.91. The van der Waals surface area contributed by atoms with Crippen LogP contribution in [0.25, 0.3) is 0 Å². The zero-order valence-electron chi connectivity index (χ0n) is 10.3. The first kappa shape index (κ1) is 13.4. The third kappa shape index (κ3) is 2.87. The highest BCUT2D eigenvalue weighted by molar-refractivity contribution is 9.10. The highest BCUT2D eigenvalue weighted by Crippen LogP contribution is 2.20. The van der Waals surface area contributed by atoms with Gasteiger partial charge in [0.1, 0.15) is 10.7 Å². The van der Waals surface area contributed by atoms with Crippen molar-refractivity contribution < 1.29 is 4.79 Å². The van der Waals surface area contributed by atoms with Crippen LogP contribution in [-0.4, -0.2) is 20.5 Å². The van der Waals surface area contributed by atoms with E-state index in [9.17, 15) is 4.79 Å². The minimum atomic E-state index is 0.0576. The number of aromatic nitrogens is 3. The summed E-state index contributed by atoms with van der Waals surface area (Å²) < 4.78 is 2.52. The molecule has 0 aliphatic heterocycles. The lowest BCUT2D eigenvalue weighted by atomic mass is 10.2. The molecule has 0 aliphatic rings. The first-order valence-corrected chi connectivity index (χ1v) is 7.44. The molecular formula is C12H14BrN3OS. The van der Waals surface area contributed by atoms with Gasteiger partial charge in [0.25, 0.3) is 0 Å². The summed E-state index contributed by atoms with van der Waals surface area (Å²) in [5.41, 5.74) is 1.61. The monoisotopic (exact) mass is 327 g/mol. The van der Waals surface area contributed by atoms with Crippen LogP contribution in [0.5, 0.6) is 0 Å². The number of thiazole rings is 1. The summed E-state index contributed by atoms with van der Waals surface area (Å²) in [5, 5.41) is 7.02. The molecule has 96 valence electrons. The lowest BCUT2D eigenvalue weighted by molar-refractivity contribution is 0.0981. The Morgan fingerprint density at radius 1 is 1.56 bits per heavy atom. The van der Waals surface area contributed by atoms with Gasteiger partial charge < -0.3 is 0 Å². The van der Waals surface area contributed by atoms with E-state index in [1.807, 2.05) is 12.3 Å². The van der Waals surface area contributed by atoms with Crippen LogP contribution in [0.3, 0.4) is 0 Å². The van der Waals surface area contributed by atoms with E-state index in [-0.39, 0.29) is 5.78 Å². The maximum Gasteiger partial charge on any atom is 0.188 e. The molecular weight excluding hydrogens is 314 g/mol. The number of carbonyl (C=O) groups excluding carboxylic acids is 1. The van der Waals surface area contributed by atoms with Gasteiger partial charge in [0.15, 0.2) is 5.78 Å². The van der Waals surface area contributed by atoms with Crippen LogP contribution in [-0.2, 0) is 13.0 Å². The van der Waals surface area contributed by atoms with Gasteiger partial charge in [0.2, 0.25) is 0 Å². The highest BCUT2D eigenvalue weighted by Gasteiger charge is 2.18. The zero-order chi connectivity index (χ0) is 13.1. The Balaban J connectivity index is 2.20. The number of carbonyl (C=O) groups is 1. The van der Waals surface area contributed by atoms with Crippen molar-refractivity contribution in [1.82, 2.24) is 14.8 Å². The topological polar surface area (TPSA) is 47.8 Å². The third-order valence-electron chi connectivity index (χ3n) is 2.47. The van der Waals surface area contributed by atoms with E-state index < -0.39 is 0 Å². The van der Waals surface area contributed by atoms with Crippen molar-refractivity contribution in [2.45, 2.75) is 33.2 Å². The number of aryl methyl sites for hydroxylation is 2. The summed E-state index contributed by atoms with van der Waals surface area (Å²) in [6.45, 7) is 4.75. The van der Waals surface area contributed by atoms with Gasteiger partial charge in [-0.15, -0.1) is 11.3 Å². The number of ketones is 1. The molecule has 0 fully saturated rings. The number of halogens is 1. The van der Waals surface area contributed by atoms with E-state index in [0.717, 1.165) is 28.1 Å². The second-order valence-corrected chi connectivity index (χ2v) is 5.84. The normalized spacial score (nSPS) is 10.8. The van der Waals surface area contributed by atoms with Gasteiger partial charge in [-0.25, -0.2) is 4.98 Å². The van der Waals surface area contributed by atoms with E-state index in [1.54, 1.807) is 10.9 Å². The van der Waals surface area contributed by atoms with E-state index in [1.165, 1.54) is 11.3 Å². The Hall–Kier alpha value is -1.01. The van der Waals surface area contributed by atoms with E-state index in [2.05, 4.69) is 32.9 Å². The van der Waals surface area contributed by atoms with Gasteiger partial charge in [0, 0.05) is 17.6 Å². The Morgan fingerprint density at radius 3 is 2.94 bits per heavy atom. The fraction of sp³-hybridized carbons (Fsp3) is 0.417. The molecule has 2 rings (SSSR count). The van der Waals surface area contributed by atoms with Crippen molar-refractivity contribution in [3.8, 4) is 0 Å². The average Bonchev–Trinajstić information content (AvgIpc) is 2.86. The van der Waals surface area contributed by atoms with Gasteiger partial charge in [-0.2, -0.15) is 5.10 Å². The van der Waals surface area contributed by atoms with Crippen LogP contribution in [0, 0.1) is 6.92 Å². The molecule has 6 heteroatoms. The molecule has 0 radical (unpaired) electrons. The lowest BCUT2D eigenvalue weighted by Crippen LogP contribution is -2.13. The first-order valence-electron chi connectivity index (χ1n) is 5.77. The summed E-state index contributed by atoms with van der Waals surface area (Å²) in [4.78, 5) is 16.6. The molecule has 2 heterocycles. The number of Topliss-reactive ketones (excluding diaryl/α,β-unsaturated/α-hetero) is 1. The fourth-order valence-corrected chi connectivity index (χ4v) is 3.01. The summed E-state index contributed by atoms with van der Waals surface area (Å²) in [5.74, 6) is 0.0576.